The van der Waals surface area contributed by atoms with Gasteiger partial charge in [0.2, 0.25) is 0 Å². The Morgan fingerprint density at radius 3 is 2.43 bits per heavy atom. The van der Waals surface area contributed by atoms with E-state index in [9.17, 15) is 14.0 Å². The molecule has 1 N–H and O–H groups in total. The van der Waals surface area contributed by atoms with Crippen LogP contribution in [0.2, 0.25) is 0 Å². The monoisotopic (exact) mass is 317 g/mol. The third-order valence-electron chi connectivity index (χ3n) is 2.88. The average Bonchev–Trinajstić information content (AvgIpc) is 2.54. The van der Waals surface area contributed by atoms with Gasteiger partial charge >= 0.3 is 5.97 Å². The fourth-order valence-electron chi connectivity index (χ4n) is 1.72. The summed E-state index contributed by atoms with van der Waals surface area (Å²) >= 11 is 0. The van der Waals surface area contributed by atoms with E-state index in [-0.39, 0.29) is 5.75 Å². The number of para-hydroxylation sites is 1. The molecule has 0 spiro atoms. The quantitative estimate of drug-likeness (QED) is 0.832. The third kappa shape index (κ3) is 5.43. The molecule has 0 heterocycles. The molecule has 5 nitrogen and oxygen atoms in total. The van der Waals surface area contributed by atoms with Gasteiger partial charge in [0.05, 0.1) is 0 Å². The highest BCUT2D eigenvalue weighted by Crippen LogP contribution is 2.15. The minimum absolute atomic E-state index is 0.0476. The van der Waals surface area contributed by atoms with Crippen molar-refractivity contribution in [1.82, 2.24) is 0 Å². The normalized spacial score (nSPS) is 10.0. The molecule has 0 aliphatic rings. The van der Waals surface area contributed by atoms with E-state index in [0.29, 0.717) is 5.69 Å². The molecule has 0 atom stereocenters. The van der Waals surface area contributed by atoms with Gasteiger partial charge in [0.15, 0.2) is 24.8 Å². The highest BCUT2D eigenvalue weighted by Gasteiger charge is 2.10. The lowest BCUT2D eigenvalue weighted by molar-refractivity contribution is -0.149. The van der Waals surface area contributed by atoms with Crippen LogP contribution in [0.25, 0.3) is 0 Å². The summed E-state index contributed by atoms with van der Waals surface area (Å²) < 4.78 is 23.0. The van der Waals surface area contributed by atoms with Crippen molar-refractivity contribution in [2.75, 3.05) is 18.5 Å². The lowest BCUT2D eigenvalue weighted by Crippen LogP contribution is -2.23. The van der Waals surface area contributed by atoms with Gasteiger partial charge in [0.1, 0.15) is 0 Å². The molecule has 0 radical (unpaired) electrons. The summed E-state index contributed by atoms with van der Waals surface area (Å²) in [5.41, 5.74) is 1.68. The van der Waals surface area contributed by atoms with Crippen LogP contribution >= 0.6 is 0 Å². The highest BCUT2D eigenvalue weighted by atomic mass is 19.1. The van der Waals surface area contributed by atoms with Crippen molar-refractivity contribution in [3.05, 3.63) is 59.9 Å². The number of hydrogen-bond acceptors (Lipinski definition) is 4. The topological polar surface area (TPSA) is 64.6 Å². The van der Waals surface area contributed by atoms with E-state index >= 15 is 0 Å². The summed E-state index contributed by atoms with van der Waals surface area (Å²) in [7, 11) is 0. The molecule has 2 rings (SSSR count). The van der Waals surface area contributed by atoms with Crippen LogP contribution in [-0.2, 0) is 14.3 Å². The highest BCUT2D eigenvalue weighted by molar-refractivity contribution is 5.92. The second-order valence-corrected chi connectivity index (χ2v) is 4.79. The SMILES string of the molecule is Cc1ccc(NC(=O)COC(=O)COc2ccccc2F)cc1. The number of rotatable bonds is 6. The van der Waals surface area contributed by atoms with Crippen LogP contribution in [0.5, 0.6) is 5.75 Å². The van der Waals surface area contributed by atoms with E-state index < -0.39 is 30.9 Å². The Morgan fingerprint density at radius 2 is 1.74 bits per heavy atom. The number of ether oxygens (including phenoxy) is 2. The van der Waals surface area contributed by atoms with Crippen molar-refractivity contribution in [2.45, 2.75) is 6.92 Å². The van der Waals surface area contributed by atoms with Gasteiger partial charge < -0.3 is 14.8 Å². The maximum atomic E-state index is 13.3. The zero-order valence-corrected chi connectivity index (χ0v) is 12.5. The molecule has 0 aliphatic heterocycles. The van der Waals surface area contributed by atoms with Crippen LogP contribution in [0.4, 0.5) is 10.1 Å². The fraction of sp³-hybridized carbons (Fsp3) is 0.176. The molecule has 120 valence electrons. The number of carbonyl (C=O) groups excluding carboxylic acids is 2. The predicted molar refractivity (Wildman–Crippen MR) is 82.7 cm³/mol. The first-order valence-corrected chi connectivity index (χ1v) is 6.94. The van der Waals surface area contributed by atoms with Crippen molar-refractivity contribution >= 4 is 17.6 Å². The summed E-state index contributed by atoms with van der Waals surface area (Å²) in [4.78, 5) is 23.1. The first-order chi connectivity index (χ1) is 11.0. The Kier molecular flexibility index (Phi) is 5.68. The van der Waals surface area contributed by atoms with Crippen molar-refractivity contribution in [2.24, 2.45) is 0 Å². The van der Waals surface area contributed by atoms with Gasteiger partial charge in [-0.15, -0.1) is 0 Å². The largest absolute Gasteiger partial charge is 0.479 e. The summed E-state index contributed by atoms with van der Waals surface area (Å²) in [6, 6.07) is 12.9. The van der Waals surface area contributed by atoms with Crippen molar-refractivity contribution in [3.8, 4) is 5.75 Å². The maximum absolute atomic E-state index is 13.3. The molecule has 1 amide bonds. The summed E-state index contributed by atoms with van der Waals surface area (Å²) in [5.74, 6) is -1.84. The van der Waals surface area contributed by atoms with Gasteiger partial charge in [0.25, 0.3) is 5.91 Å². The molecule has 6 heteroatoms. The van der Waals surface area contributed by atoms with Gasteiger partial charge in [0, 0.05) is 5.69 Å². The molecule has 0 saturated heterocycles. The van der Waals surface area contributed by atoms with Crippen molar-refractivity contribution in [3.63, 3.8) is 0 Å². The molecule has 0 unspecified atom stereocenters. The van der Waals surface area contributed by atoms with Crippen molar-refractivity contribution in [1.29, 1.82) is 0 Å². The smallest absolute Gasteiger partial charge is 0.344 e. The maximum Gasteiger partial charge on any atom is 0.344 e. The molecule has 0 aromatic heterocycles. The minimum Gasteiger partial charge on any atom is -0.479 e. The Hall–Kier alpha value is -2.89. The Morgan fingerprint density at radius 1 is 1.04 bits per heavy atom. The summed E-state index contributed by atoms with van der Waals surface area (Å²) in [6.45, 7) is 1.02. The van der Waals surface area contributed by atoms with E-state index in [4.69, 9.17) is 9.47 Å². The zero-order chi connectivity index (χ0) is 16.7. The number of amides is 1. The summed E-state index contributed by atoms with van der Waals surface area (Å²) in [6.07, 6.45) is 0. The van der Waals surface area contributed by atoms with Crippen LogP contribution in [0.3, 0.4) is 0 Å². The number of esters is 1. The zero-order valence-electron chi connectivity index (χ0n) is 12.5. The van der Waals surface area contributed by atoms with Gasteiger partial charge in [-0.2, -0.15) is 0 Å². The second kappa shape index (κ2) is 7.93. The lowest BCUT2D eigenvalue weighted by Gasteiger charge is -2.08. The number of aryl methyl sites for hydroxylation is 1. The molecule has 2 aromatic carbocycles. The van der Waals surface area contributed by atoms with E-state index in [0.717, 1.165) is 5.56 Å². The molecule has 23 heavy (non-hydrogen) atoms. The van der Waals surface area contributed by atoms with E-state index in [1.807, 2.05) is 19.1 Å². The first-order valence-electron chi connectivity index (χ1n) is 6.94. The lowest BCUT2D eigenvalue weighted by atomic mass is 10.2. The van der Waals surface area contributed by atoms with Crippen molar-refractivity contribution < 1.29 is 23.5 Å². The standard InChI is InChI=1S/C17H16FNO4/c1-12-6-8-13(9-7-12)19-16(20)10-23-17(21)11-22-15-5-3-2-4-14(15)18/h2-9H,10-11H2,1H3,(H,19,20). The van der Waals surface area contributed by atoms with E-state index in [1.54, 1.807) is 18.2 Å². The minimum atomic E-state index is -0.757. The number of carbonyl (C=O) groups is 2. The molecule has 0 fully saturated rings. The molecule has 2 aromatic rings. The number of anilines is 1. The third-order valence-corrected chi connectivity index (χ3v) is 2.88. The van der Waals surface area contributed by atoms with Crippen LogP contribution in [0, 0.1) is 12.7 Å². The molecular formula is C17H16FNO4. The Balaban J connectivity index is 1.72. The van der Waals surface area contributed by atoms with Crippen LogP contribution in [0.15, 0.2) is 48.5 Å². The van der Waals surface area contributed by atoms with Gasteiger partial charge in [-0.1, -0.05) is 29.8 Å². The second-order valence-electron chi connectivity index (χ2n) is 4.79. The van der Waals surface area contributed by atoms with Gasteiger partial charge in [-0.3, -0.25) is 4.79 Å². The Bertz CT molecular complexity index is 685. The Labute approximate surface area is 133 Å². The number of halogens is 1. The average molecular weight is 317 g/mol. The fourth-order valence-corrected chi connectivity index (χ4v) is 1.72. The molecule has 0 saturated carbocycles. The number of benzene rings is 2. The predicted octanol–water partition coefficient (Wildman–Crippen LogP) is 2.69. The van der Waals surface area contributed by atoms with E-state index in [2.05, 4.69) is 5.32 Å². The van der Waals surface area contributed by atoms with Crippen LogP contribution in [-0.4, -0.2) is 25.1 Å². The van der Waals surface area contributed by atoms with Gasteiger partial charge in [-0.25, -0.2) is 9.18 Å². The number of hydrogen-bond donors (Lipinski definition) is 1. The van der Waals surface area contributed by atoms with Crippen LogP contribution in [0.1, 0.15) is 5.56 Å². The first kappa shape index (κ1) is 16.5. The van der Waals surface area contributed by atoms with Crippen LogP contribution < -0.4 is 10.1 Å². The number of nitrogens with one attached hydrogen (secondary N) is 1. The van der Waals surface area contributed by atoms with E-state index in [1.165, 1.54) is 18.2 Å². The molecular weight excluding hydrogens is 301 g/mol. The molecule has 0 aliphatic carbocycles. The summed E-state index contributed by atoms with van der Waals surface area (Å²) in [5, 5.41) is 2.59. The molecule has 0 bridgehead atoms. The van der Waals surface area contributed by atoms with Gasteiger partial charge in [-0.05, 0) is 31.2 Å².